The first-order chi connectivity index (χ1) is 10.1. The number of ether oxygens (including phenoxy) is 3. The highest BCUT2D eigenvalue weighted by molar-refractivity contribution is 5.97. The van der Waals surface area contributed by atoms with Crippen molar-refractivity contribution in [3.8, 4) is 5.75 Å². The molecular formula is C14H18N2O5. The Bertz CT molecular complexity index is 532. The molecule has 7 heteroatoms. The van der Waals surface area contributed by atoms with Crippen molar-refractivity contribution in [1.82, 2.24) is 5.32 Å². The van der Waals surface area contributed by atoms with Gasteiger partial charge in [0.05, 0.1) is 31.9 Å². The third kappa shape index (κ3) is 3.93. The molecule has 2 rings (SSSR count). The van der Waals surface area contributed by atoms with E-state index in [9.17, 15) is 9.59 Å². The van der Waals surface area contributed by atoms with Crippen molar-refractivity contribution in [2.45, 2.75) is 6.04 Å². The molecule has 0 fully saturated rings. The van der Waals surface area contributed by atoms with Crippen LogP contribution in [0.25, 0.3) is 0 Å². The number of hydrogen-bond acceptors (Lipinski definition) is 6. The number of nitrogens with one attached hydrogen (secondary N) is 1. The largest absolute Gasteiger partial charge is 0.491 e. The minimum absolute atomic E-state index is 0.149. The van der Waals surface area contributed by atoms with E-state index < -0.39 is 12.0 Å². The second-order valence-electron chi connectivity index (χ2n) is 4.56. The molecule has 1 aliphatic heterocycles. The third-order valence-electron chi connectivity index (χ3n) is 3.07. The summed E-state index contributed by atoms with van der Waals surface area (Å²) in [6.45, 7) is 0.901. The molecule has 1 aliphatic rings. The molecule has 0 saturated carbocycles. The molecule has 3 N–H and O–H groups in total. The fourth-order valence-electron chi connectivity index (χ4n) is 1.93. The number of amides is 1. The molecule has 0 radical (unpaired) electrons. The van der Waals surface area contributed by atoms with Crippen molar-refractivity contribution >= 4 is 11.9 Å². The van der Waals surface area contributed by atoms with E-state index in [1.54, 1.807) is 18.2 Å². The van der Waals surface area contributed by atoms with Crippen LogP contribution in [0.15, 0.2) is 18.2 Å². The highest BCUT2D eigenvalue weighted by Crippen LogP contribution is 2.24. The van der Waals surface area contributed by atoms with Crippen molar-refractivity contribution in [2.24, 2.45) is 5.73 Å². The van der Waals surface area contributed by atoms with Gasteiger partial charge < -0.3 is 25.3 Å². The van der Waals surface area contributed by atoms with E-state index >= 15 is 0 Å². The summed E-state index contributed by atoms with van der Waals surface area (Å²) in [4.78, 5) is 22.8. The zero-order valence-corrected chi connectivity index (χ0v) is 11.8. The Labute approximate surface area is 122 Å². The zero-order valence-electron chi connectivity index (χ0n) is 11.8. The number of esters is 1. The minimum atomic E-state index is -0.461. The van der Waals surface area contributed by atoms with E-state index in [0.717, 1.165) is 5.56 Å². The van der Waals surface area contributed by atoms with E-state index in [0.29, 0.717) is 24.5 Å². The van der Waals surface area contributed by atoms with Crippen LogP contribution in [-0.4, -0.2) is 45.4 Å². The number of hydrogen-bond donors (Lipinski definition) is 2. The molecule has 0 bridgehead atoms. The van der Waals surface area contributed by atoms with E-state index in [4.69, 9.17) is 15.2 Å². The number of rotatable bonds is 5. The van der Waals surface area contributed by atoms with Gasteiger partial charge in [0, 0.05) is 0 Å². The molecule has 114 valence electrons. The highest BCUT2D eigenvalue weighted by Gasteiger charge is 2.18. The topological polar surface area (TPSA) is 99.9 Å². The van der Waals surface area contributed by atoms with Gasteiger partial charge in [-0.2, -0.15) is 0 Å². The first-order valence-corrected chi connectivity index (χ1v) is 6.57. The zero-order chi connectivity index (χ0) is 15.2. The van der Waals surface area contributed by atoms with E-state index in [1.807, 2.05) is 0 Å². The number of fused-ring (bicyclic) bond motifs is 1. The predicted molar refractivity (Wildman–Crippen MR) is 74.0 cm³/mol. The molecule has 7 nitrogen and oxygen atoms in total. The molecule has 21 heavy (non-hydrogen) atoms. The number of methoxy groups -OCH3 is 1. The summed E-state index contributed by atoms with van der Waals surface area (Å²) in [6.07, 6.45) is 0. The van der Waals surface area contributed by atoms with Crippen LogP contribution in [0.3, 0.4) is 0 Å². The molecule has 0 aliphatic carbocycles. The van der Waals surface area contributed by atoms with Gasteiger partial charge in [-0.1, -0.05) is 6.07 Å². The standard InChI is InChI=1S/C14H18N2O5/c1-19-13(17)8-20-7-11(15)9-2-3-12-10(6-9)14(18)16-4-5-21-12/h2-3,6,11H,4-5,7-8,15H2,1H3,(H,16,18). The van der Waals surface area contributed by atoms with Crippen LogP contribution in [-0.2, 0) is 14.3 Å². The Morgan fingerprint density at radius 3 is 3.10 bits per heavy atom. The van der Waals surface area contributed by atoms with Gasteiger partial charge in [-0.3, -0.25) is 4.79 Å². The van der Waals surface area contributed by atoms with Gasteiger partial charge in [0.2, 0.25) is 0 Å². The Balaban J connectivity index is 2.03. The van der Waals surface area contributed by atoms with Gasteiger partial charge in [-0.15, -0.1) is 0 Å². The normalized spacial score (nSPS) is 15.2. The molecule has 1 atom stereocenters. The van der Waals surface area contributed by atoms with Gasteiger partial charge >= 0.3 is 5.97 Å². The second-order valence-corrected chi connectivity index (χ2v) is 4.56. The lowest BCUT2D eigenvalue weighted by Gasteiger charge is -2.14. The summed E-state index contributed by atoms with van der Waals surface area (Å²) in [7, 11) is 1.29. The molecule has 1 amide bonds. The summed E-state index contributed by atoms with van der Waals surface area (Å²) in [5.41, 5.74) is 7.18. The maximum atomic E-state index is 11.9. The SMILES string of the molecule is COC(=O)COCC(N)c1ccc2c(c1)C(=O)NCCO2. The first kappa shape index (κ1) is 15.3. The van der Waals surface area contributed by atoms with Crippen LogP contribution in [0.1, 0.15) is 22.0 Å². The van der Waals surface area contributed by atoms with Crippen molar-refractivity contribution in [3.63, 3.8) is 0 Å². The second kappa shape index (κ2) is 7.05. The van der Waals surface area contributed by atoms with Crippen LogP contribution in [0, 0.1) is 0 Å². The number of carbonyl (C=O) groups is 2. The lowest BCUT2D eigenvalue weighted by Crippen LogP contribution is -2.25. The van der Waals surface area contributed by atoms with Crippen LogP contribution >= 0.6 is 0 Å². The Kier molecular flexibility index (Phi) is 5.13. The van der Waals surface area contributed by atoms with Crippen LogP contribution in [0.5, 0.6) is 5.75 Å². The van der Waals surface area contributed by atoms with E-state index in [-0.39, 0.29) is 19.1 Å². The molecule has 1 unspecified atom stereocenters. The lowest BCUT2D eigenvalue weighted by molar-refractivity contribution is -0.146. The van der Waals surface area contributed by atoms with E-state index in [1.165, 1.54) is 7.11 Å². The Hall–Kier alpha value is -2.12. The molecule has 1 aromatic carbocycles. The van der Waals surface area contributed by atoms with Gasteiger partial charge in [-0.25, -0.2) is 4.79 Å². The Morgan fingerprint density at radius 2 is 2.33 bits per heavy atom. The highest BCUT2D eigenvalue weighted by atomic mass is 16.6. The monoisotopic (exact) mass is 294 g/mol. The summed E-state index contributed by atoms with van der Waals surface area (Å²) < 4.78 is 15.1. The first-order valence-electron chi connectivity index (χ1n) is 6.57. The molecule has 1 heterocycles. The maximum Gasteiger partial charge on any atom is 0.331 e. The van der Waals surface area contributed by atoms with Crippen molar-refractivity contribution in [2.75, 3.05) is 33.5 Å². The van der Waals surface area contributed by atoms with Crippen molar-refractivity contribution in [3.05, 3.63) is 29.3 Å². The molecule has 0 saturated heterocycles. The van der Waals surface area contributed by atoms with Gasteiger partial charge in [-0.05, 0) is 17.7 Å². The number of benzene rings is 1. The summed E-state index contributed by atoms with van der Waals surface area (Å²) in [5.74, 6) is -0.111. The fourth-order valence-corrected chi connectivity index (χ4v) is 1.93. The smallest absolute Gasteiger partial charge is 0.331 e. The maximum absolute atomic E-state index is 11.9. The van der Waals surface area contributed by atoms with Gasteiger partial charge in [0.15, 0.2) is 0 Å². The van der Waals surface area contributed by atoms with E-state index in [2.05, 4.69) is 10.1 Å². The molecule has 0 aromatic heterocycles. The van der Waals surface area contributed by atoms with Crippen molar-refractivity contribution in [1.29, 1.82) is 0 Å². The summed E-state index contributed by atoms with van der Waals surface area (Å²) in [6, 6.07) is 4.73. The van der Waals surface area contributed by atoms with Gasteiger partial charge in [0.25, 0.3) is 5.91 Å². The predicted octanol–water partition coefficient (Wildman–Crippen LogP) is -0.00180. The average molecular weight is 294 g/mol. The van der Waals surface area contributed by atoms with Crippen LogP contribution in [0.4, 0.5) is 0 Å². The fraction of sp³-hybridized carbons (Fsp3) is 0.429. The quantitative estimate of drug-likeness (QED) is 0.741. The summed E-state index contributed by atoms with van der Waals surface area (Å²) >= 11 is 0. The number of nitrogens with two attached hydrogens (primary N) is 1. The van der Waals surface area contributed by atoms with Crippen molar-refractivity contribution < 1.29 is 23.8 Å². The average Bonchev–Trinajstić information content (AvgIpc) is 2.68. The molecule has 1 aromatic rings. The number of carbonyl (C=O) groups excluding carboxylic acids is 2. The van der Waals surface area contributed by atoms with Crippen LogP contribution < -0.4 is 15.8 Å². The third-order valence-corrected chi connectivity index (χ3v) is 3.07. The lowest BCUT2D eigenvalue weighted by atomic mass is 10.0. The van der Waals surface area contributed by atoms with Crippen LogP contribution in [0.2, 0.25) is 0 Å². The van der Waals surface area contributed by atoms with Gasteiger partial charge in [0.1, 0.15) is 19.0 Å². The minimum Gasteiger partial charge on any atom is -0.491 e. The Morgan fingerprint density at radius 1 is 1.52 bits per heavy atom. The summed E-state index contributed by atoms with van der Waals surface area (Å²) in [5, 5.41) is 2.74. The molecular weight excluding hydrogens is 276 g/mol. The molecule has 0 spiro atoms.